The first-order valence-corrected chi connectivity index (χ1v) is 7.90. The summed E-state index contributed by atoms with van der Waals surface area (Å²) in [5, 5.41) is 0.979. The lowest BCUT2D eigenvalue weighted by Gasteiger charge is -2.34. The van der Waals surface area contributed by atoms with Gasteiger partial charge in [0.15, 0.2) is 6.29 Å². The predicted octanol–water partition coefficient (Wildman–Crippen LogP) is 2.19. The summed E-state index contributed by atoms with van der Waals surface area (Å²) in [6.45, 7) is 5.85. The van der Waals surface area contributed by atoms with Crippen molar-refractivity contribution in [2.75, 3.05) is 32.8 Å². The number of benzene rings is 1. The number of fused-ring (bicyclic) bond motifs is 1. The van der Waals surface area contributed by atoms with Gasteiger partial charge in [-0.1, -0.05) is 18.2 Å². The van der Waals surface area contributed by atoms with Crippen LogP contribution in [0.4, 0.5) is 4.79 Å². The molecular formula is C17H21N3O3. The molecule has 0 saturated carbocycles. The van der Waals surface area contributed by atoms with E-state index in [4.69, 9.17) is 4.74 Å². The van der Waals surface area contributed by atoms with Crippen LogP contribution in [0.1, 0.15) is 17.3 Å². The zero-order valence-corrected chi connectivity index (χ0v) is 13.3. The number of rotatable bonds is 4. The van der Waals surface area contributed by atoms with Gasteiger partial charge in [-0.15, -0.1) is 0 Å². The average Bonchev–Trinajstić information content (AvgIpc) is 2.94. The van der Waals surface area contributed by atoms with Crippen LogP contribution in [0.15, 0.2) is 30.5 Å². The number of nitrogens with zero attached hydrogens (tertiary/aromatic N) is 3. The fourth-order valence-corrected chi connectivity index (χ4v) is 2.99. The number of hydrogen-bond acceptors (Lipinski definition) is 4. The largest absolute Gasteiger partial charge is 0.450 e. The van der Waals surface area contributed by atoms with Crippen LogP contribution >= 0.6 is 0 Å². The van der Waals surface area contributed by atoms with Gasteiger partial charge in [0, 0.05) is 48.8 Å². The molecule has 2 heterocycles. The van der Waals surface area contributed by atoms with Gasteiger partial charge in [-0.3, -0.25) is 9.69 Å². The van der Waals surface area contributed by atoms with Crippen molar-refractivity contribution in [3.8, 4) is 0 Å². The highest BCUT2D eigenvalue weighted by Gasteiger charge is 2.22. The van der Waals surface area contributed by atoms with Crippen molar-refractivity contribution < 1.29 is 14.3 Å². The van der Waals surface area contributed by atoms with E-state index >= 15 is 0 Å². The Balaban J connectivity index is 1.67. The lowest BCUT2D eigenvalue weighted by molar-refractivity contribution is 0.0714. The summed E-state index contributed by atoms with van der Waals surface area (Å²) >= 11 is 0. The Kier molecular flexibility index (Phi) is 4.62. The van der Waals surface area contributed by atoms with E-state index in [1.165, 1.54) is 0 Å². The number of aldehydes is 1. The molecule has 122 valence electrons. The number of para-hydroxylation sites is 1. The Morgan fingerprint density at radius 2 is 1.96 bits per heavy atom. The first kappa shape index (κ1) is 15.6. The van der Waals surface area contributed by atoms with Gasteiger partial charge in [-0.05, 0) is 13.0 Å². The fourth-order valence-electron chi connectivity index (χ4n) is 2.99. The van der Waals surface area contributed by atoms with Crippen LogP contribution in [-0.2, 0) is 11.4 Å². The Labute approximate surface area is 135 Å². The predicted molar refractivity (Wildman–Crippen MR) is 87.5 cm³/mol. The number of ether oxygens (including phenoxy) is 1. The molecule has 3 rings (SSSR count). The zero-order chi connectivity index (χ0) is 16.2. The van der Waals surface area contributed by atoms with Crippen molar-refractivity contribution in [2.45, 2.75) is 13.6 Å². The van der Waals surface area contributed by atoms with Gasteiger partial charge >= 0.3 is 6.09 Å². The van der Waals surface area contributed by atoms with Crippen molar-refractivity contribution in [1.82, 2.24) is 14.4 Å². The van der Waals surface area contributed by atoms with E-state index in [-0.39, 0.29) is 6.09 Å². The Bertz CT molecular complexity index is 702. The van der Waals surface area contributed by atoms with Gasteiger partial charge in [-0.25, -0.2) is 4.79 Å². The van der Waals surface area contributed by atoms with E-state index in [9.17, 15) is 9.59 Å². The second-order valence-electron chi connectivity index (χ2n) is 5.63. The maximum atomic E-state index is 11.7. The highest BCUT2D eigenvalue weighted by Crippen LogP contribution is 2.20. The van der Waals surface area contributed by atoms with Gasteiger partial charge < -0.3 is 14.2 Å². The second kappa shape index (κ2) is 6.83. The first-order chi connectivity index (χ1) is 11.2. The van der Waals surface area contributed by atoms with Crippen LogP contribution < -0.4 is 0 Å². The smallest absolute Gasteiger partial charge is 0.409 e. The molecule has 23 heavy (non-hydrogen) atoms. The Morgan fingerprint density at radius 3 is 2.65 bits per heavy atom. The van der Waals surface area contributed by atoms with E-state index in [0.29, 0.717) is 31.9 Å². The van der Waals surface area contributed by atoms with Gasteiger partial charge in [0.05, 0.1) is 13.3 Å². The van der Waals surface area contributed by atoms with E-state index in [0.717, 1.165) is 30.3 Å². The van der Waals surface area contributed by atoms with Gasteiger partial charge in [0.1, 0.15) is 0 Å². The summed E-state index contributed by atoms with van der Waals surface area (Å²) in [6.07, 6.45) is 2.56. The van der Waals surface area contributed by atoms with E-state index in [1.54, 1.807) is 4.90 Å². The molecule has 0 atom stereocenters. The minimum atomic E-state index is -0.234. The number of carbonyl (C=O) groups is 2. The summed E-state index contributed by atoms with van der Waals surface area (Å²) < 4.78 is 7.13. The number of hydrogen-bond donors (Lipinski definition) is 0. The van der Waals surface area contributed by atoms with Crippen LogP contribution in [0.5, 0.6) is 0 Å². The second-order valence-corrected chi connectivity index (χ2v) is 5.63. The molecule has 1 saturated heterocycles. The molecule has 1 aromatic heterocycles. The fraction of sp³-hybridized carbons (Fsp3) is 0.412. The summed E-state index contributed by atoms with van der Waals surface area (Å²) in [5.74, 6) is 0. The highest BCUT2D eigenvalue weighted by molar-refractivity contribution is 5.97. The molecule has 0 unspecified atom stereocenters. The third-order valence-corrected chi connectivity index (χ3v) is 4.20. The van der Waals surface area contributed by atoms with Crippen LogP contribution in [0.2, 0.25) is 0 Å². The summed E-state index contributed by atoms with van der Waals surface area (Å²) in [5.41, 5.74) is 1.77. The van der Waals surface area contributed by atoms with Crippen molar-refractivity contribution in [2.24, 2.45) is 0 Å². The van der Waals surface area contributed by atoms with Crippen molar-refractivity contribution in [1.29, 1.82) is 0 Å². The molecule has 6 nitrogen and oxygen atoms in total. The van der Waals surface area contributed by atoms with Crippen molar-refractivity contribution in [3.63, 3.8) is 0 Å². The molecule has 0 bridgehead atoms. The number of carbonyl (C=O) groups excluding carboxylic acids is 2. The first-order valence-electron chi connectivity index (χ1n) is 7.90. The average molecular weight is 315 g/mol. The van der Waals surface area contributed by atoms with E-state index in [1.807, 2.05) is 37.4 Å². The maximum absolute atomic E-state index is 11.7. The number of aromatic nitrogens is 1. The standard InChI is InChI=1S/C17H21N3O3/c1-2-23-17(22)19-9-7-18(8-10-19)13-20-11-14(12-21)15-5-3-4-6-16(15)20/h3-6,11-12H,2,7-10,13H2,1H3. The molecule has 0 spiro atoms. The third kappa shape index (κ3) is 3.22. The van der Waals surface area contributed by atoms with Gasteiger partial charge in [0.2, 0.25) is 0 Å². The van der Waals surface area contributed by atoms with Gasteiger partial charge in [0.25, 0.3) is 0 Å². The molecule has 1 fully saturated rings. The molecule has 1 aliphatic heterocycles. The molecule has 0 aliphatic carbocycles. The van der Waals surface area contributed by atoms with Crippen molar-refractivity contribution >= 4 is 23.3 Å². The SMILES string of the molecule is CCOC(=O)N1CCN(Cn2cc(C=O)c3ccccc32)CC1. The molecular weight excluding hydrogens is 294 g/mol. The van der Waals surface area contributed by atoms with Crippen LogP contribution in [0.3, 0.4) is 0 Å². The van der Waals surface area contributed by atoms with Crippen LogP contribution in [-0.4, -0.2) is 59.5 Å². The molecule has 1 aliphatic rings. The van der Waals surface area contributed by atoms with E-state index in [2.05, 4.69) is 9.47 Å². The lowest BCUT2D eigenvalue weighted by atomic mass is 10.2. The lowest BCUT2D eigenvalue weighted by Crippen LogP contribution is -2.49. The molecule has 2 aromatic rings. The Hall–Kier alpha value is -2.34. The summed E-state index contributed by atoms with van der Waals surface area (Å²) in [6, 6.07) is 7.91. The normalized spacial score (nSPS) is 15.8. The number of amides is 1. The minimum absolute atomic E-state index is 0.234. The third-order valence-electron chi connectivity index (χ3n) is 4.20. The monoisotopic (exact) mass is 315 g/mol. The Morgan fingerprint density at radius 1 is 1.22 bits per heavy atom. The highest BCUT2D eigenvalue weighted by atomic mass is 16.6. The van der Waals surface area contributed by atoms with E-state index < -0.39 is 0 Å². The summed E-state index contributed by atoms with van der Waals surface area (Å²) in [7, 11) is 0. The quantitative estimate of drug-likeness (QED) is 0.812. The topological polar surface area (TPSA) is 54.8 Å². The number of piperazine rings is 1. The molecule has 0 radical (unpaired) electrons. The van der Waals surface area contributed by atoms with Crippen molar-refractivity contribution in [3.05, 3.63) is 36.0 Å². The zero-order valence-electron chi connectivity index (χ0n) is 13.3. The minimum Gasteiger partial charge on any atom is -0.450 e. The molecule has 0 N–H and O–H groups in total. The molecule has 6 heteroatoms. The molecule has 1 aromatic carbocycles. The van der Waals surface area contributed by atoms with Crippen LogP contribution in [0.25, 0.3) is 10.9 Å². The van der Waals surface area contributed by atoms with Crippen LogP contribution in [0, 0.1) is 0 Å². The summed E-state index contributed by atoms with van der Waals surface area (Å²) in [4.78, 5) is 27.0. The molecule has 1 amide bonds. The van der Waals surface area contributed by atoms with Gasteiger partial charge in [-0.2, -0.15) is 0 Å². The maximum Gasteiger partial charge on any atom is 0.409 e.